The van der Waals surface area contributed by atoms with E-state index in [9.17, 15) is 55.1 Å². The SMILES string of the molecule is CC(=O)C(N=Nc1ccc(Cl)c(C(=O)Nc2cccc(C(F)(F)F)c2Cl)c1)C(=O)Nc1cc(C)c(NC(=O)C(N=Nc2ccc(Cl)c(C(=O)Nc3cccc(C(F)(F)F)c3Cl)c2)C(C)=O)cc1C. The number of ketones is 2. The quantitative estimate of drug-likeness (QED) is 0.0484. The number of halogens is 10. The van der Waals surface area contributed by atoms with Gasteiger partial charge in [0.2, 0.25) is 12.1 Å². The molecule has 0 aliphatic heterocycles. The molecule has 2 unspecified atom stereocenters. The van der Waals surface area contributed by atoms with E-state index in [0.717, 1.165) is 62.4 Å². The largest absolute Gasteiger partial charge is 0.417 e. The predicted molar refractivity (Wildman–Crippen MR) is 243 cm³/mol. The summed E-state index contributed by atoms with van der Waals surface area (Å²) in [5, 5.41) is 23.5. The van der Waals surface area contributed by atoms with Crippen LogP contribution in [0.1, 0.15) is 56.8 Å². The zero-order valence-corrected chi connectivity index (χ0v) is 38.3. The highest BCUT2D eigenvalue weighted by Gasteiger charge is 2.35. The zero-order valence-electron chi connectivity index (χ0n) is 35.3. The van der Waals surface area contributed by atoms with Crippen molar-refractivity contribution in [2.45, 2.75) is 52.1 Å². The van der Waals surface area contributed by atoms with Gasteiger partial charge in [0, 0.05) is 11.4 Å². The van der Waals surface area contributed by atoms with Crippen LogP contribution in [0.2, 0.25) is 20.1 Å². The van der Waals surface area contributed by atoms with Gasteiger partial charge in [-0.25, -0.2) is 0 Å². The molecule has 68 heavy (non-hydrogen) atoms. The van der Waals surface area contributed by atoms with E-state index in [0.29, 0.717) is 11.1 Å². The fourth-order valence-corrected chi connectivity index (χ4v) is 6.91. The van der Waals surface area contributed by atoms with E-state index in [4.69, 9.17) is 46.4 Å². The van der Waals surface area contributed by atoms with Crippen molar-refractivity contribution in [2.24, 2.45) is 20.5 Å². The first-order valence-electron chi connectivity index (χ1n) is 19.3. The normalized spacial score (nSPS) is 12.7. The molecule has 5 aromatic rings. The second-order valence-electron chi connectivity index (χ2n) is 14.5. The lowest BCUT2D eigenvalue weighted by Gasteiger charge is -2.16. The second kappa shape index (κ2) is 21.5. The molecule has 0 fully saturated rings. The number of carbonyl (C=O) groups excluding carboxylic acids is 6. The van der Waals surface area contributed by atoms with E-state index in [1.165, 1.54) is 36.4 Å². The number of hydrogen-bond acceptors (Lipinski definition) is 10. The lowest BCUT2D eigenvalue weighted by Crippen LogP contribution is -2.32. The number of azo groups is 2. The molecule has 0 bridgehead atoms. The third-order valence-corrected chi connectivity index (χ3v) is 10.9. The Labute approximate surface area is 401 Å². The third-order valence-electron chi connectivity index (χ3n) is 9.43. The number of amides is 4. The first kappa shape index (κ1) is 52.2. The molecule has 0 heterocycles. The summed E-state index contributed by atoms with van der Waals surface area (Å²) in [6, 6.07) is 12.7. The van der Waals surface area contributed by atoms with Crippen LogP contribution in [0.15, 0.2) is 105 Å². The third kappa shape index (κ3) is 12.8. The molecule has 2 atom stereocenters. The van der Waals surface area contributed by atoms with Crippen molar-refractivity contribution in [3.8, 4) is 0 Å². The Morgan fingerprint density at radius 2 is 0.853 bits per heavy atom. The van der Waals surface area contributed by atoms with Crippen LogP contribution in [0.4, 0.5) is 60.5 Å². The Morgan fingerprint density at radius 1 is 0.500 bits per heavy atom. The van der Waals surface area contributed by atoms with Crippen LogP contribution in [-0.2, 0) is 31.5 Å². The second-order valence-corrected chi connectivity index (χ2v) is 16.1. The highest BCUT2D eigenvalue weighted by atomic mass is 35.5. The fourth-order valence-electron chi connectivity index (χ4n) is 5.95. The number of anilines is 4. The van der Waals surface area contributed by atoms with E-state index >= 15 is 0 Å². The maximum absolute atomic E-state index is 13.4. The standard InChI is InChI=1S/C44H32Cl4F6N8O6/c1-19-15-34(58-42(68)38(22(4)64)62-60-24-12-14-30(46)26(18-24)40(66)56-32-10-6-8-28(36(32)48)44(52,53)54)20(2)16-33(19)57-41(67)37(21(3)63)61-59-23-11-13-29(45)25(17-23)39(65)55-31-9-5-7-27(35(31)47)43(49,50)51/h5-18,37-38H,1-4H3,(H,55,65)(H,56,66)(H,57,67)(H,58,68). The topological polar surface area (TPSA) is 200 Å². The van der Waals surface area contributed by atoms with Gasteiger partial charge in [0.05, 0.1) is 65.1 Å². The molecule has 4 N–H and O–H groups in total. The van der Waals surface area contributed by atoms with Gasteiger partial charge >= 0.3 is 12.4 Å². The van der Waals surface area contributed by atoms with Gasteiger partial charge in [-0.2, -0.15) is 46.8 Å². The molecule has 4 amide bonds. The summed E-state index contributed by atoms with van der Waals surface area (Å²) in [5.74, 6) is -5.23. The molecule has 354 valence electrons. The molecule has 5 rings (SSSR count). The molecule has 0 spiro atoms. The van der Waals surface area contributed by atoms with Crippen molar-refractivity contribution in [2.75, 3.05) is 21.3 Å². The maximum atomic E-state index is 13.4. The van der Waals surface area contributed by atoms with Gasteiger partial charge in [0.15, 0.2) is 11.6 Å². The number of alkyl halides is 6. The lowest BCUT2D eigenvalue weighted by atomic mass is 10.1. The van der Waals surface area contributed by atoms with Crippen LogP contribution in [0.5, 0.6) is 0 Å². The Bertz CT molecular complexity index is 2740. The number of Topliss-reactive ketones (excluding diaryl/α,β-unsaturated/α-hetero) is 2. The van der Waals surface area contributed by atoms with E-state index in [1.54, 1.807) is 13.8 Å². The summed E-state index contributed by atoms with van der Waals surface area (Å²) in [4.78, 5) is 78.0. The number of carbonyl (C=O) groups is 6. The summed E-state index contributed by atoms with van der Waals surface area (Å²) < 4.78 is 80.1. The Kier molecular flexibility index (Phi) is 16.5. The van der Waals surface area contributed by atoms with Crippen molar-refractivity contribution >= 4 is 116 Å². The fraction of sp³-hybridized carbons (Fsp3) is 0.182. The number of nitrogens with zero attached hydrogens (tertiary/aromatic N) is 4. The van der Waals surface area contributed by atoms with Crippen molar-refractivity contribution in [3.05, 3.63) is 138 Å². The molecule has 0 aliphatic carbocycles. The molecule has 0 saturated carbocycles. The van der Waals surface area contributed by atoms with Gasteiger partial charge in [0.1, 0.15) is 0 Å². The molecular weight excluding hydrogens is 992 g/mol. The number of hydrogen-bond donors (Lipinski definition) is 4. The van der Waals surface area contributed by atoms with Gasteiger partial charge in [-0.15, -0.1) is 0 Å². The lowest BCUT2D eigenvalue weighted by molar-refractivity contribution is -0.138. The van der Waals surface area contributed by atoms with E-state index < -0.39 is 80.8 Å². The van der Waals surface area contributed by atoms with Crippen LogP contribution >= 0.6 is 46.4 Å². The van der Waals surface area contributed by atoms with Gasteiger partial charge in [0.25, 0.3) is 23.6 Å². The number of rotatable bonds is 14. The van der Waals surface area contributed by atoms with Crippen molar-refractivity contribution in [3.63, 3.8) is 0 Å². The van der Waals surface area contributed by atoms with Crippen molar-refractivity contribution < 1.29 is 55.1 Å². The predicted octanol–water partition coefficient (Wildman–Crippen LogP) is 12.8. The van der Waals surface area contributed by atoms with E-state index in [2.05, 4.69) is 41.7 Å². The minimum Gasteiger partial charge on any atom is -0.324 e. The van der Waals surface area contributed by atoms with Crippen LogP contribution < -0.4 is 21.3 Å². The minimum atomic E-state index is -4.80. The van der Waals surface area contributed by atoms with Crippen LogP contribution in [-0.4, -0.2) is 47.3 Å². The Hall–Kier alpha value is -6.74. The van der Waals surface area contributed by atoms with E-state index in [1.807, 2.05) is 0 Å². The number of nitrogens with one attached hydrogen (secondary N) is 4. The summed E-state index contributed by atoms with van der Waals surface area (Å²) in [6.45, 7) is 5.26. The molecule has 0 aliphatic rings. The van der Waals surface area contributed by atoms with Gasteiger partial charge < -0.3 is 21.3 Å². The van der Waals surface area contributed by atoms with E-state index in [-0.39, 0.29) is 55.3 Å². The minimum absolute atomic E-state index is 0.0622. The van der Waals surface area contributed by atoms with Crippen LogP contribution in [0.25, 0.3) is 0 Å². The molecule has 0 aromatic heterocycles. The average molecular weight is 1020 g/mol. The summed E-state index contributed by atoms with van der Waals surface area (Å²) in [7, 11) is 0. The summed E-state index contributed by atoms with van der Waals surface area (Å²) >= 11 is 24.2. The Balaban J connectivity index is 1.27. The first-order valence-corrected chi connectivity index (χ1v) is 20.8. The monoisotopic (exact) mass is 1020 g/mol. The summed E-state index contributed by atoms with van der Waals surface area (Å²) in [5.41, 5.74) is -2.57. The van der Waals surface area contributed by atoms with Gasteiger partial charge in [-0.05, 0) is 112 Å². The number of aryl methyl sites for hydroxylation is 2. The molecular formula is C44H32Cl4F6N8O6. The zero-order chi connectivity index (χ0) is 50.4. The molecule has 0 saturated heterocycles. The summed E-state index contributed by atoms with van der Waals surface area (Å²) in [6.07, 6.45) is -9.59. The van der Waals surface area contributed by atoms with Crippen LogP contribution in [0, 0.1) is 13.8 Å². The molecule has 5 aromatic carbocycles. The number of benzene rings is 5. The molecule has 0 radical (unpaired) electrons. The highest BCUT2D eigenvalue weighted by Crippen LogP contribution is 2.40. The van der Waals surface area contributed by atoms with Crippen molar-refractivity contribution in [1.82, 2.24) is 0 Å². The van der Waals surface area contributed by atoms with Crippen LogP contribution in [0.3, 0.4) is 0 Å². The molecule has 24 heteroatoms. The van der Waals surface area contributed by atoms with Gasteiger partial charge in [-0.1, -0.05) is 58.5 Å². The first-order chi connectivity index (χ1) is 31.8. The molecule has 14 nitrogen and oxygen atoms in total. The van der Waals surface area contributed by atoms with Gasteiger partial charge in [-0.3, -0.25) is 28.8 Å². The Morgan fingerprint density at radius 3 is 1.18 bits per heavy atom. The maximum Gasteiger partial charge on any atom is 0.417 e. The highest BCUT2D eigenvalue weighted by molar-refractivity contribution is 6.37. The van der Waals surface area contributed by atoms with Crippen molar-refractivity contribution in [1.29, 1.82) is 0 Å². The average Bonchev–Trinajstić information content (AvgIpc) is 3.24. The smallest absolute Gasteiger partial charge is 0.324 e.